The van der Waals surface area contributed by atoms with Crippen LogP contribution < -0.4 is 0 Å². The van der Waals surface area contributed by atoms with Gasteiger partial charge in [-0.3, -0.25) is 0 Å². The first-order valence-electron chi connectivity index (χ1n) is 5.01. The number of hydrogen-bond acceptors (Lipinski definition) is 2. The number of rotatable bonds is 5. The summed E-state index contributed by atoms with van der Waals surface area (Å²) >= 11 is 2.39. The lowest BCUT2D eigenvalue weighted by Gasteiger charge is -2.25. The Morgan fingerprint density at radius 2 is 2.31 bits per heavy atom. The first-order valence-corrected chi connectivity index (χ1v) is 6.54. The summed E-state index contributed by atoms with van der Waals surface area (Å²) in [5, 5.41) is 0. The van der Waals surface area contributed by atoms with Crippen LogP contribution in [0, 0.1) is 5.41 Å². The maximum atomic E-state index is 5.72. The van der Waals surface area contributed by atoms with E-state index in [0.717, 1.165) is 24.2 Å². The molecule has 0 amide bonds. The molecule has 1 aliphatic heterocycles. The summed E-state index contributed by atoms with van der Waals surface area (Å²) in [6.07, 6.45) is 2.80. The van der Waals surface area contributed by atoms with Gasteiger partial charge >= 0.3 is 0 Å². The standard InChI is InChI=1S/C10H19IO2/c1-3-10(7-12-4-2)5-9(6-11)13-8-10/h9H,3-8H2,1-2H3/t9-,10-/m0/s1. The van der Waals surface area contributed by atoms with Crippen molar-refractivity contribution in [3.8, 4) is 0 Å². The van der Waals surface area contributed by atoms with Crippen LogP contribution >= 0.6 is 22.6 Å². The SMILES string of the molecule is CCOC[C@@]1(CC)CO[C@H](CI)C1. The van der Waals surface area contributed by atoms with E-state index in [1.54, 1.807) is 0 Å². The number of hydrogen-bond donors (Lipinski definition) is 0. The van der Waals surface area contributed by atoms with Crippen LogP contribution in [0.25, 0.3) is 0 Å². The van der Waals surface area contributed by atoms with E-state index in [-0.39, 0.29) is 0 Å². The minimum Gasteiger partial charge on any atom is -0.381 e. The molecule has 0 aliphatic carbocycles. The monoisotopic (exact) mass is 298 g/mol. The second-order valence-corrected chi connectivity index (χ2v) is 4.66. The van der Waals surface area contributed by atoms with Gasteiger partial charge in [0, 0.05) is 16.4 Å². The molecule has 78 valence electrons. The van der Waals surface area contributed by atoms with Gasteiger partial charge in [0.1, 0.15) is 0 Å². The quantitative estimate of drug-likeness (QED) is 0.574. The first kappa shape index (κ1) is 11.7. The maximum Gasteiger partial charge on any atom is 0.0671 e. The predicted molar refractivity (Wildman–Crippen MR) is 62.5 cm³/mol. The van der Waals surface area contributed by atoms with Crippen LogP contribution in [0.5, 0.6) is 0 Å². The van der Waals surface area contributed by atoms with Gasteiger partial charge in [-0.2, -0.15) is 0 Å². The molecule has 13 heavy (non-hydrogen) atoms. The van der Waals surface area contributed by atoms with Crippen LogP contribution in [0.4, 0.5) is 0 Å². The van der Waals surface area contributed by atoms with Crippen LogP contribution in [0.2, 0.25) is 0 Å². The highest BCUT2D eigenvalue weighted by Crippen LogP contribution is 2.36. The molecular formula is C10H19IO2. The Bertz CT molecular complexity index is 152. The maximum absolute atomic E-state index is 5.72. The van der Waals surface area contributed by atoms with E-state index in [0.29, 0.717) is 11.5 Å². The highest BCUT2D eigenvalue weighted by atomic mass is 127. The summed E-state index contributed by atoms with van der Waals surface area (Å²) in [7, 11) is 0. The third-order valence-electron chi connectivity index (χ3n) is 2.82. The van der Waals surface area contributed by atoms with Crippen LogP contribution in [0.3, 0.4) is 0 Å². The minimum absolute atomic E-state index is 0.311. The topological polar surface area (TPSA) is 18.5 Å². The van der Waals surface area contributed by atoms with Crippen molar-refractivity contribution < 1.29 is 9.47 Å². The molecule has 0 aromatic carbocycles. The van der Waals surface area contributed by atoms with Crippen molar-refractivity contribution in [1.29, 1.82) is 0 Å². The van der Waals surface area contributed by atoms with Crippen molar-refractivity contribution in [1.82, 2.24) is 0 Å². The fraction of sp³-hybridized carbons (Fsp3) is 1.00. The van der Waals surface area contributed by atoms with Gasteiger partial charge in [0.2, 0.25) is 0 Å². The summed E-state index contributed by atoms with van der Waals surface area (Å²) in [6.45, 7) is 6.86. The summed E-state index contributed by atoms with van der Waals surface area (Å²) < 4.78 is 12.3. The highest BCUT2D eigenvalue weighted by molar-refractivity contribution is 14.1. The Morgan fingerprint density at radius 3 is 2.77 bits per heavy atom. The Morgan fingerprint density at radius 1 is 1.54 bits per heavy atom. The van der Waals surface area contributed by atoms with E-state index in [9.17, 15) is 0 Å². The Hall–Kier alpha value is 0.650. The van der Waals surface area contributed by atoms with Gasteiger partial charge in [-0.15, -0.1) is 0 Å². The van der Waals surface area contributed by atoms with Crippen LogP contribution in [-0.4, -0.2) is 30.4 Å². The molecule has 0 aromatic heterocycles. The predicted octanol–water partition coefficient (Wildman–Crippen LogP) is 2.64. The Kier molecular flexibility index (Phi) is 4.97. The average molecular weight is 298 g/mol. The Labute approximate surface area is 94.5 Å². The summed E-state index contributed by atoms with van der Waals surface area (Å²) in [5.74, 6) is 0. The molecule has 0 unspecified atom stereocenters. The third-order valence-corrected chi connectivity index (χ3v) is 3.80. The number of ether oxygens (including phenoxy) is 2. The Balaban J connectivity index is 2.42. The van der Waals surface area contributed by atoms with E-state index in [4.69, 9.17) is 9.47 Å². The molecule has 2 atom stereocenters. The van der Waals surface area contributed by atoms with Gasteiger partial charge in [-0.25, -0.2) is 0 Å². The van der Waals surface area contributed by atoms with Gasteiger partial charge in [0.05, 0.1) is 19.3 Å². The van der Waals surface area contributed by atoms with Gasteiger partial charge in [0.25, 0.3) is 0 Å². The zero-order valence-corrected chi connectivity index (χ0v) is 10.7. The molecule has 1 rings (SSSR count). The molecule has 0 radical (unpaired) electrons. The second-order valence-electron chi connectivity index (χ2n) is 3.78. The summed E-state index contributed by atoms with van der Waals surface area (Å²) in [4.78, 5) is 0. The molecule has 1 aliphatic rings. The number of halogens is 1. The molecule has 0 spiro atoms. The molecular weight excluding hydrogens is 279 g/mol. The van der Waals surface area contributed by atoms with Crippen LogP contribution in [-0.2, 0) is 9.47 Å². The van der Waals surface area contributed by atoms with Crippen LogP contribution in [0.15, 0.2) is 0 Å². The molecule has 0 saturated carbocycles. The van der Waals surface area contributed by atoms with Gasteiger partial charge in [0.15, 0.2) is 0 Å². The van der Waals surface area contributed by atoms with E-state index in [1.807, 2.05) is 0 Å². The average Bonchev–Trinajstić information content (AvgIpc) is 2.59. The van der Waals surface area contributed by atoms with E-state index >= 15 is 0 Å². The zero-order valence-electron chi connectivity index (χ0n) is 8.51. The van der Waals surface area contributed by atoms with Crippen molar-refractivity contribution in [2.75, 3.05) is 24.2 Å². The van der Waals surface area contributed by atoms with Crippen molar-refractivity contribution in [3.05, 3.63) is 0 Å². The molecule has 0 aromatic rings. The van der Waals surface area contributed by atoms with E-state index < -0.39 is 0 Å². The normalized spacial score (nSPS) is 33.9. The van der Waals surface area contributed by atoms with E-state index in [2.05, 4.69) is 36.4 Å². The smallest absolute Gasteiger partial charge is 0.0671 e. The largest absolute Gasteiger partial charge is 0.381 e. The summed E-state index contributed by atoms with van der Waals surface area (Å²) in [6, 6.07) is 0. The van der Waals surface area contributed by atoms with Gasteiger partial charge in [-0.1, -0.05) is 29.5 Å². The lowest BCUT2D eigenvalue weighted by molar-refractivity contribution is 0.0346. The van der Waals surface area contributed by atoms with E-state index in [1.165, 1.54) is 12.8 Å². The van der Waals surface area contributed by atoms with Crippen LogP contribution in [0.1, 0.15) is 26.7 Å². The fourth-order valence-corrected chi connectivity index (χ4v) is 2.33. The molecule has 1 heterocycles. The van der Waals surface area contributed by atoms with Crippen molar-refractivity contribution in [3.63, 3.8) is 0 Å². The first-order chi connectivity index (χ1) is 6.26. The molecule has 3 heteroatoms. The molecule has 0 N–H and O–H groups in total. The molecule has 2 nitrogen and oxygen atoms in total. The molecule has 0 bridgehead atoms. The minimum atomic E-state index is 0.311. The van der Waals surface area contributed by atoms with Crippen molar-refractivity contribution in [2.45, 2.75) is 32.8 Å². The highest BCUT2D eigenvalue weighted by Gasteiger charge is 2.38. The molecule has 1 fully saturated rings. The lowest BCUT2D eigenvalue weighted by Crippen LogP contribution is -2.27. The van der Waals surface area contributed by atoms with Crippen molar-refractivity contribution in [2.24, 2.45) is 5.41 Å². The van der Waals surface area contributed by atoms with Crippen molar-refractivity contribution >= 4 is 22.6 Å². The lowest BCUT2D eigenvalue weighted by atomic mass is 9.84. The zero-order chi connectivity index (χ0) is 9.73. The third kappa shape index (κ3) is 3.06. The molecule has 1 saturated heterocycles. The fourth-order valence-electron chi connectivity index (χ4n) is 1.76. The second kappa shape index (κ2) is 5.51. The summed E-state index contributed by atoms with van der Waals surface area (Å²) in [5.41, 5.74) is 0.311. The number of alkyl halides is 1. The van der Waals surface area contributed by atoms with Gasteiger partial charge < -0.3 is 9.47 Å². The van der Waals surface area contributed by atoms with Gasteiger partial charge in [-0.05, 0) is 19.8 Å².